The Balaban J connectivity index is 1.19. The number of halogens is 3. The second-order valence-corrected chi connectivity index (χ2v) is 11.5. The standard InChI is InChI=1S/C32H36F3N9O2/c1-3-12-43-20-25(27(40-43)32(33,34)35)26-19-38-29-28(37-11-13-44(26)29)39-23-5-6-24(21(4-2)18-23)31(46)42-16-14-41(15-17-42)30(45)22-7-9-36-10-8-22/h3,5-6,11,13,18-20,22,36H,1,4,7-10,12,14-17H2,2H3,(H,37,39). The zero-order valence-corrected chi connectivity index (χ0v) is 25.6. The van der Waals surface area contributed by atoms with Gasteiger partial charge >= 0.3 is 6.18 Å². The van der Waals surface area contributed by atoms with Gasteiger partial charge in [0.25, 0.3) is 5.91 Å². The highest BCUT2D eigenvalue weighted by atomic mass is 19.4. The number of piperazine rings is 1. The number of aryl methyl sites for hydroxylation is 1. The predicted octanol–water partition coefficient (Wildman–Crippen LogP) is 4.39. The van der Waals surface area contributed by atoms with E-state index in [1.54, 1.807) is 23.2 Å². The molecule has 3 aromatic heterocycles. The Bertz CT molecular complexity index is 1750. The van der Waals surface area contributed by atoms with Gasteiger partial charge in [0, 0.05) is 61.9 Å². The van der Waals surface area contributed by atoms with E-state index in [0.717, 1.165) is 31.5 Å². The zero-order chi connectivity index (χ0) is 32.4. The van der Waals surface area contributed by atoms with E-state index >= 15 is 0 Å². The van der Waals surface area contributed by atoms with Crippen LogP contribution in [-0.4, -0.2) is 85.0 Å². The van der Waals surface area contributed by atoms with Crippen LogP contribution in [-0.2, 0) is 23.9 Å². The molecule has 1 aromatic carbocycles. The Hall–Kier alpha value is -4.72. The number of amides is 2. The molecule has 14 heteroatoms. The highest BCUT2D eigenvalue weighted by Gasteiger charge is 2.38. The van der Waals surface area contributed by atoms with Crippen LogP contribution < -0.4 is 10.6 Å². The summed E-state index contributed by atoms with van der Waals surface area (Å²) in [6.45, 7) is 9.41. The third-order valence-corrected chi connectivity index (χ3v) is 8.60. The lowest BCUT2D eigenvalue weighted by atomic mass is 9.96. The van der Waals surface area contributed by atoms with Crippen molar-refractivity contribution in [2.45, 2.75) is 38.9 Å². The molecule has 2 aliphatic heterocycles. The number of fused-ring (bicyclic) bond motifs is 1. The number of nitrogens with one attached hydrogen (secondary N) is 2. The fraction of sp³-hybridized carbons (Fsp3) is 0.406. The molecule has 4 aromatic rings. The number of aromatic nitrogens is 5. The molecule has 2 amide bonds. The van der Waals surface area contributed by atoms with E-state index in [1.165, 1.54) is 33.7 Å². The van der Waals surface area contributed by atoms with Crippen molar-refractivity contribution in [3.63, 3.8) is 0 Å². The summed E-state index contributed by atoms with van der Waals surface area (Å²) in [6, 6.07) is 5.43. The van der Waals surface area contributed by atoms with Gasteiger partial charge in [0.2, 0.25) is 5.91 Å². The van der Waals surface area contributed by atoms with Crippen LogP contribution in [0.3, 0.4) is 0 Å². The molecule has 2 aliphatic rings. The second-order valence-electron chi connectivity index (χ2n) is 11.5. The van der Waals surface area contributed by atoms with Crippen LogP contribution in [0.5, 0.6) is 0 Å². The van der Waals surface area contributed by atoms with Crippen molar-refractivity contribution in [3.8, 4) is 11.3 Å². The van der Waals surface area contributed by atoms with Crippen LogP contribution in [0.4, 0.5) is 24.7 Å². The lowest BCUT2D eigenvalue weighted by Gasteiger charge is -2.37. The van der Waals surface area contributed by atoms with Crippen molar-refractivity contribution in [2.75, 3.05) is 44.6 Å². The van der Waals surface area contributed by atoms with Crippen LogP contribution >= 0.6 is 0 Å². The number of hydrogen-bond donors (Lipinski definition) is 2. The Kier molecular flexibility index (Phi) is 8.80. The van der Waals surface area contributed by atoms with Gasteiger partial charge in [-0.1, -0.05) is 13.0 Å². The van der Waals surface area contributed by atoms with Gasteiger partial charge in [-0.25, -0.2) is 9.97 Å². The Morgan fingerprint density at radius 2 is 1.85 bits per heavy atom. The summed E-state index contributed by atoms with van der Waals surface area (Å²) < 4.78 is 44.3. The maximum absolute atomic E-state index is 13.9. The van der Waals surface area contributed by atoms with Gasteiger partial charge in [0.1, 0.15) is 0 Å². The van der Waals surface area contributed by atoms with E-state index in [4.69, 9.17) is 0 Å². The van der Waals surface area contributed by atoms with Crippen molar-refractivity contribution in [2.24, 2.45) is 5.92 Å². The largest absolute Gasteiger partial charge is 0.435 e. The third-order valence-electron chi connectivity index (χ3n) is 8.60. The molecule has 0 bridgehead atoms. The first-order valence-corrected chi connectivity index (χ1v) is 15.4. The normalized spacial score (nSPS) is 16.2. The minimum atomic E-state index is -4.66. The SMILES string of the molecule is C=CCn1cc(-c2cnc3c(Nc4ccc(C(=O)N5CCN(C(=O)C6CCNCC6)CC5)c(CC)c4)nccn23)c(C(F)(F)F)n1. The first-order valence-electron chi connectivity index (χ1n) is 15.4. The number of carbonyl (C=O) groups excluding carboxylic acids is 2. The molecular weight excluding hydrogens is 599 g/mol. The fourth-order valence-electron chi connectivity index (χ4n) is 6.19. The minimum Gasteiger partial charge on any atom is -0.339 e. The van der Waals surface area contributed by atoms with Crippen LogP contribution in [0.25, 0.3) is 16.9 Å². The highest BCUT2D eigenvalue weighted by molar-refractivity contribution is 5.96. The third kappa shape index (κ3) is 6.21. The van der Waals surface area contributed by atoms with E-state index in [1.807, 2.05) is 17.9 Å². The van der Waals surface area contributed by atoms with Gasteiger partial charge in [0.15, 0.2) is 17.2 Å². The van der Waals surface area contributed by atoms with Crippen LogP contribution in [0.15, 0.2) is 55.6 Å². The first kappa shape index (κ1) is 31.3. The van der Waals surface area contributed by atoms with Crippen molar-refractivity contribution in [3.05, 3.63) is 72.5 Å². The van der Waals surface area contributed by atoms with Crippen molar-refractivity contribution >= 4 is 29.0 Å². The lowest BCUT2D eigenvalue weighted by molar-refractivity contribution is -0.141. The van der Waals surface area contributed by atoms with Crippen LogP contribution in [0, 0.1) is 5.92 Å². The van der Waals surface area contributed by atoms with Gasteiger partial charge in [0.05, 0.1) is 24.0 Å². The maximum atomic E-state index is 13.9. The number of hydrogen-bond acceptors (Lipinski definition) is 7. The summed E-state index contributed by atoms with van der Waals surface area (Å²) in [6.07, 6.45) is 4.85. The Labute approximate surface area is 264 Å². The van der Waals surface area contributed by atoms with E-state index < -0.39 is 11.9 Å². The number of anilines is 2. The summed E-state index contributed by atoms with van der Waals surface area (Å²) in [5, 5.41) is 10.2. The molecular formula is C32H36F3N9O2. The number of rotatable bonds is 8. The topological polar surface area (TPSA) is 113 Å². The number of benzene rings is 1. The molecule has 11 nitrogen and oxygen atoms in total. The molecule has 0 saturated carbocycles. The maximum Gasteiger partial charge on any atom is 0.435 e. The van der Waals surface area contributed by atoms with E-state index in [0.29, 0.717) is 55.3 Å². The lowest BCUT2D eigenvalue weighted by Crippen LogP contribution is -2.52. The molecule has 46 heavy (non-hydrogen) atoms. The second kappa shape index (κ2) is 12.9. The van der Waals surface area contributed by atoms with E-state index in [9.17, 15) is 22.8 Å². The number of piperidine rings is 1. The van der Waals surface area contributed by atoms with Crippen molar-refractivity contribution in [1.29, 1.82) is 0 Å². The molecule has 0 spiro atoms. The quantitative estimate of drug-likeness (QED) is 0.276. The molecule has 0 radical (unpaired) electrons. The number of imidazole rings is 1. The summed E-state index contributed by atoms with van der Waals surface area (Å²) in [5.41, 5.74) is 1.52. The smallest absolute Gasteiger partial charge is 0.339 e. The van der Waals surface area contributed by atoms with Crippen molar-refractivity contribution < 1.29 is 22.8 Å². The summed E-state index contributed by atoms with van der Waals surface area (Å²) in [7, 11) is 0. The van der Waals surface area contributed by atoms with E-state index in [-0.39, 0.29) is 35.5 Å². The van der Waals surface area contributed by atoms with Crippen LogP contribution in [0.1, 0.15) is 41.4 Å². The van der Waals surface area contributed by atoms with E-state index in [2.05, 4.69) is 32.3 Å². The molecule has 2 N–H and O–H groups in total. The minimum absolute atomic E-state index is 0.0582. The highest BCUT2D eigenvalue weighted by Crippen LogP contribution is 2.37. The molecule has 2 saturated heterocycles. The van der Waals surface area contributed by atoms with Gasteiger partial charge in [-0.2, -0.15) is 18.3 Å². The number of allylic oxidation sites excluding steroid dienone is 1. The molecule has 5 heterocycles. The van der Waals surface area contributed by atoms with Gasteiger partial charge in [-0.3, -0.25) is 18.7 Å². The van der Waals surface area contributed by atoms with Crippen LogP contribution in [0.2, 0.25) is 0 Å². The molecule has 0 unspecified atom stereocenters. The number of nitrogens with zero attached hydrogens (tertiary/aromatic N) is 7. The Morgan fingerprint density at radius 1 is 1.11 bits per heavy atom. The summed E-state index contributed by atoms with van der Waals surface area (Å²) in [5.74, 6) is 0.516. The summed E-state index contributed by atoms with van der Waals surface area (Å²) in [4.78, 5) is 39.0. The van der Waals surface area contributed by atoms with Crippen molar-refractivity contribution in [1.82, 2.24) is 39.3 Å². The molecule has 242 valence electrons. The zero-order valence-electron chi connectivity index (χ0n) is 25.6. The molecule has 0 aliphatic carbocycles. The van der Waals surface area contributed by atoms with Gasteiger partial charge < -0.3 is 20.4 Å². The first-order chi connectivity index (χ1) is 22.2. The van der Waals surface area contributed by atoms with Gasteiger partial charge in [-0.15, -0.1) is 6.58 Å². The molecule has 2 fully saturated rings. The average molecular weight is 636 g/mol. The molecule has 6 rings (SSSR count). The molecule has 0 atom stereocenters. The predicted molar refractivity (Wildman–Crippen MR) is 167 cm³/mol. The summed E-state index contributed by atoms with van der Waals surface area (Å²) >= 11 is 0. The number of carbonyl (C=O) groups is 2. The average Bonchev–Trinajstić information content (AvgIpc) is 3.70. The fourth-order valence-corrected chi connectivity index (χ4v) is 6.19. The number of alkyl halides is 3. The monoisotopic (exact) mass is 635 g/mol. The Morgan fingerprint density at radius 3 is 2.54 bits per heavy atom. The van der Waals surface area contributed by atoms with Gasteiger partial charge in [-0.05, 0) is 56.1 Å².